The lowest BCUT2D eigenvalue weighted by Crippen LogP contribution is -2.47. The predicted molar refractivity (Wildman–Crippen MR) is 81.1 cm³/mol. The Morgan fingerprint density at radius 1 is 1.35 bits per heavy atom. The molecule has 1 aromatic rings. The molecule has 0 aromatic heterocycles. The molecular formula is C15H20F3NO3S. The van der Waals surface area contributed by atoms with Gasteiger partial charge in [0.2, 0.25) is 0 Å². The van der Waals surface area contributed by atoms with Crippen molar-refractivity contribution in [3.05, 3.63) is 29.8 Å². The zero-order valence-corrected chi connectivity index (χ0v) is 13.7. The molecule has 1 aliphatic heterocycles. The molecule has 130 valence electrons. The van der Waals surface area contributed by atoms with Gasteiger partial charge in [-0.05, 0) is 44.0 Å². The molecule has 0 bridgehead atoms. The second kappa shape index (κ2) is 7.09. The Kier molecular flexibility index (Phi) is 5.57. The summed E-state index contributed by atoms with van der Waals surface area (Å²) in [5.74, 6) is 0.126. The number of halogens is 3. The van der Waals surface area contributed by atoms with E-state index in [1.54, 1.807) is 6.07 Å². The average Bonchev–Trinajstić information content (AvgIpc) is 2.39. The number of benzene rings is 1. The van der Waals surface area contributed by atoms with Gasteiger partial charge in [-0.1, -0.05) is 12.1 Å². The van der Waals surface area contributed by atoms with Crippen molar-refractivity contribution >= 4 is 9.84 Å². The van der Waals surface area contributed by atoms with Crippen molar-refractivity contribution in [2.45, 2.75) is 32.2 Å². The molecule has 0 saturated carbocycles. The van der Waals surface area contributed by atoms with E-state index < -0.39 is 16.2 Å². The number of rotatable bonds is 5. The van der Waals surface area contributed by atoms with Crippen LogP contribution in [0.3, 0.4) is 0 Å². The molecule has 0 aliphatic carbocycles. The highest BCUT2D eigenvalue weighted by Gasteiger charge is 2.31. The molecule has 0 amide bonds. The summed E-state index contributed by atoms with van der Waals surface area (Å²) < 4.78 is 63.5. The van der Waals surface area contributed by atoms with Crippen LogP contribution in [0.4, 0.5) is 13.2 Å². The molecule has 1 atom stereocenters. The standard InChI is InChI=1S/C15H20F3NO3S/c1-12-11-23(20,21)9-8-19(12)7-3-5-13-4-2-6-14(10-13)22-15(16,17)18/h2,4,6,10,12H,3,5,7-9,11H2,1H3/t12-/m1/s1. The fourth-order valence-electron chi connectivity index (χ4n) is 2.75. The third-order valence-corrected chi connectivity index (χ3v) is 5.65. The van der Waals surface area contributed by atoms with Crippen LogP contribution in [0, 0.1) is 0 Å². The van der Waals surface area contributed by atoms with Crippen LogP contribution >= 0.6 is 0 Å². The van der Waals surface area contributed by atoms with Gasteiger partial charge in [-0.2, -0.15) is 0 Å². The van der Waals surface area contributed by atoms with Gasteiger partial charge in [0, 0.05) is 12.6 Å². The highest BCUT2D eigenvalue weighted by atomic mass is 32.2. The molecular weight excluding hydrogens is 331 g/mol. The Morgan fingerprint density at radius 3 is 2.74 bits per heavy atom. The zero-order chi connectivity index (χ0) is 17.1. The molecule has 1 saturated heterocycles. The van der Waals surface area contributed by atoms with Gasteiger partial charge in [0.1, 0.15) is 5.75 Å². The maximum Gasteiger partial charge on any atom is 0.573 e. The first-order chi connectivity index (χ1) is 10.6. The Balaban J connectivity index is 1.84. The molecule has 0 spiro atoms. The molecule has 2 rings (SSSR count). The van der Waals surface area contributed by atoms with Crippen molar-refractivity contribution in [1.29, 1.82) is 0 Å². The molecule has 0 radical (unpaired) electrons. The summed E-state index contributed by atoms with van der Waals surface area (Å²) in [6, 6.07) is 5.93. The summed E-state index contributed by atoms with van der Waals surface area (Å²) in [5, 5.41) is 0. The summed E-state index contributed by atoms with van der Waals surface area (Å²) in [5.41, 5.74) is 0.768. The van der Waals surface area contributed by atoms with Crippen molar-refractivity contribution in [1.82, 2.24) is 4.90 Å². The van der Waals surface area contributed by atoms with Crippen LogP contribution in [-0.4, -0.2) is 50.3 Å². The summed E-state index contributed by atoms with van der Waals surface area (Å²) >= 11 is 0. The van der Waals surface area contributed by atoms with Crippen LogP contribution < -0.4 is 4.74 Å². The highest BCUT2D eigenvalue weighted by Crippen LogP contribution is 2.24. The number of ether oxygens (including phenoxy) is 1. The maximum absolute atomic E-state index is 12.2. The maximum atomic E-state index is 12.2. The van der Waals surface area contributed by atoms with Gasteiger partial charge in [0.05, 0.1) is 11.5 Å². The summed E-state index contributed by atoms with van der Waals surface area (Å²) in [7, 11) is -2.93. The van der Waals surface area contributed by atoms with Crippen LogP contribution in [0.1, 0.15) is 18.9 Å². The second-order valence-electron chi connectivity index (χ2n) is 5.80. The summed E-state index contributed by atoms with van der Waals surface area (Å²) in [4.78, 5) is 2.11. The molecule has 8 heteroatoms. The third-order valence-electron chi connectivity index (χ3n) is 3.85. The van der Waals surface area contributed by atoms with E-state index in [9.17, 15) is 21.6 Å². The number of alkyl halides is 3. The molecule has 0 unspecified atom stereocenters. The van der Waals surface area contributed by atoms with Crippen molar-refractivity contribution in [2.75, 3.05) is 24.6 Å². The fourth-order valence-corrected chi connectivity index (χ4v) is 4.37. The Bertz CT molecular complexity index is 631. The number of sulfone groups is 1. The molecule has 1 heterocycles. The lowest BCUT2D eigenvalue weighted by atomic mass is 10.1. The van der Waals surface area contributed by atoms with Gasteiger partial charge < -0.3 is 4.74 Å². The summed E-state index contributed by atoms with van der Waals surface area (Å²) in [6.07, 6.45) is -3.32. The smallest absolute Gasteiger partial charge is 0.406 e. The van der Waals surface area contributed by atoms with E-state index in [1.807, 2.05) is 6.92 Å². The first kappa shape index (κ1) is 18.1. The van der Waals surface area contributed by atoms with Crippen LogP contribution in [0.15, 0.2) is 24.3 Å². The number of hydrogen-bond donors (Lipinski definition) is 0. The number of hydrogen-bond acceptors (Lipinski definition) is 4. The van der Waals surface area contributed by atoms with E-state index in [0.29, 0.717) is 13.0 Å². The predicted octanol–water partition coefficient (Wildman–Crippen LogP) is 2.64. The van der Waals surface area contributed by atoms with Gasteiger partial charge in [0.25, 0.3) is 0 Å². The lowest BCUT2D eigenvalue weighted by molar-refractivity contribution is -0.274. The largest absolute Gasteiger partial charge is 0.573 e. The fraction of sp³-hybridized carbons (Fsp3) is 0.600. The first-order valence-corrected chi connectivity index (χ1v) is 9.26. The van der Waals surface area contributed by atoms with Crippen molar-refractivity contribution in [2.24, 2.45) is 0 Å². The van der Waals surface area contributed by atoms with E-state index in [4.69, 9.17) is 0 Å². The molecule has 1 aliphatic rings. The summed E-state index contributed by atoms with van der Waals surface area (Å²) in [6.45, 7) is 3.12. The first-order valence-electron chi connectivity index (χ1n) is 7.44. The van der Waals surface area contributed by atoms with E-state index in [-0.39, 0.29) is 23.3 Å². The monoisotopic (exact) mass is 351 g/mol. The van der Waals surface area contributed by atoms with E-state index in [2.05, 4.69) is 9.64 Å². The third kappa shape index (κ3) is 6.02. The van der Waals surface area contributed by atoms with Crippen LogP contribution in [0.2, 0.25) is 0 Å². The normalized spacial score (nSPS) is 22.0. The van der Waals surface area contributed by atoms with Crippen LogP contribution in [-0.2, 0) is 16.3 Å². The van der Waals surface area contributed by atoms with Crippen molar-refractivity contribution in [3.8, 4) is 5.75 Å². The Hall–Kier alpha value is -1.28. The van der Waals surface area contributed by atoms with Gasteiger partial charge in [-0.25, -0.2) is 8.42 Å². The van der Waals surface area contributed by atoms with E-state index in [0.717, 1.165) is 18.5 Å². The minimum absolute atomic E-state index is 0.0198. The lowest BCUT2D eigenvalue weighted by Gasteiger charge is -2.33. The number of nitrogens with zero attached hydrogens (tertiary/aromatic N) is 1. The minimum Gasteiger partial charge on any atom is -0.406 e. The minimum atomic E-state index is -4.69. The van der Waals surface area contributed by atoms with Gasteiger partial charge >= 0.3 is 6.36 Å². The van der Waals surface area contributed by atoms with Crippen molar-refractivity contribution < 1.29 is 26.3 Å². The molecule has 0 N–H and O–H groups in total. The highest BCUT2D eigenvalue weighted by molar-refractivity contribution is 7.91. The number of aryl methyl sites for hydroxylation is 1. The van der Waals surface area contributed by atoms with Crippen LogP contribution in [0.25, 0.3) is 0 Å². The topological polar surface area (TPSA) is 46.6 Å². The Morgan fingerprint density at radius 2 is 2.09 bits per heavy atom. The average molecular weight is 351 g/mol. The second-order valence-corrected chi connectivity index (χ2v) is 8.03. The van der Waals surface area contributed by atoms with E-state index >= 15 is 0 Å². The van der Waals surface area contributed by atoms with Gasteiger partial charge in [-0.15, -0.1) is 13.2 Å². The molecule has 1 aromatic carbocycles. The molecule has 23 heavy (non-hydrogen) atoms. The molecule has 1 fully saturated rings. The SMILES string of the molecule is C[C@@H]1CS(=O)(=O)CCN1CCCc1cccc(OC(F)(F)F)c1. The Labute approximate surface area is 134 Å². The van der Waals surface area contributed by atoms with E-state index in [1.165, 1.54) is 18.2 Å². The van der Waals surface area contributed by atoms with Crippen LogP contribution in [0.5, 0.6) is 5.75 Å². The van der Waals surface area contributed by atoms with Crippen molar-refractivity contribution in [3.63, 3.8) is 0 Å². The van der Waals surface area contributed by atoms with Gasteiger partial charge in [0.15, 0.2) is 9.84 Å². The quantitative estimate of drug-likeness (QED) is 0.818. The zero-order valence-electron chi connectivity index (χ0n) is 12.8. The van der Waals surface area contributed by atoms with Gasteiger partial charge in [-0.3, -0.25) is 4.90 Å². The molecule has 4 nitrogen and oxygen atoms in total.